The number of nitrogens with zero attached hydrogens (tertiary/aromatic N) is 1. The van der Waals surface area contributed by atoms with Crippen LogP contribution in [0.2, 0.25) is 0 Å². The van der Waals surface area contributed by atoms with Crippen LogP contribution in [0.5, 0.6) is 5.75 Å². The predicted octanol–water partition coefficient (Wildman–Crippen LogP) is 4.55. The molecule has 1 aromatic heterocycles. The Balaban J connectivity index is 1.56. The third kappa shape index (κ3) is 3.39. The van der Waals surface area contributed by atoms with Crippen molar-refractivity contribution in [2.24, 2.45) is 0 Å². The SMILES string of the molecule is N#Cc1ccc(-c2ccc(OC(=O)c3cc4ccccc4oc3=O)cc2)cc1. The highest BCUT2D eigenvalue weighted by Gasteiger charge is 2.16. The smallest absolute Gasteiger partial charge is 0.351 e. The van der Waals surface area contributed by atoms with Crippen molar-refractivity contribution >= 4 is 16.9 Å². The Kier molecular flexibility index (Phi) is 4.45. The first kappa shape index (κ1) is 17.3. The molecule has 28 heavy (non-hydrogen) atoms. The van der Waals surface area contributed by atoms with Gasteiger partial charge in [-0.1, -0.05) is 42.5 Å². The Labute approximate surface area is 160 Å². The molecule has 1 heterocycles. The molecule has 0 fully saturated rings. The number of rotatable bonds is 3. The lowest BCUT2D eigenvalue weighted by Crippen LogP contribution is -2.18. The van der Waals surface area contributed by atoms with Gasteiger partial charge in [0.1, 0.15) is 16.9 Å². The third-order valence-electron chi connectivity index (χ3n) is 4.27. The van der Waals surface area contributed by atoms with E-state index in [9.17, 15) is 9.59 Å². The number of hydrogen-bond donors (Lipinski definition) is 0. The highest BCUT2D eigenvalue weighted by Crippen LogP contribution is 2.23. The molecule has 0 unspecified atom stereocenters. The number of esters is 1. The average Bonchev–Trinajstić information content (AvgIpc) is 2.74. The van der Waals surface area contributed by atoms with Gasteiger partial charge in [-0.15, -0.1) is 0 Å². The number of fused-ring (bicyclic) bond motifs is 1. The maximum absolute atomic E-state index is 12.4. The van der Waals surface area contributed by atoms with E-state index >= 15 is 0 Å². The second-order valence-electron chi connectivity index (χ2n) is 6.09. The van der Waals surface area contributed by atoms with Gasteiger partial charge in [-0.05, 0) is 47.5 Å². The molecule has 0 aliphatic carbocycles. The zero-order valence-corrected chi connectivity index (χ0v) is 14.6. The Morgan fingerprint density at radius 2 is 1.54 bits per heavy atom. The number of nitriles is 1. The van der Waals surface area contributed by atoms with Crippen LogP contribution >= 0.6 is 0 Å². The van der Waals surface area contributed by atoms with E-state index in [0.29, 0.717) is 22.3 Å². The minimum atomic E-state index is -0.773. The summed E-state index contributed by atoms with van der Waals surface area (Å²) in [5.41, 5.74) is 1.95. The number of carbonyl (C=O) groups excluding carboxylic acids is 1. The second-order valence-corrected chi connectivity index (χ2v) is 6.09. The Morgan fingerprint density at radius 1 is 0.893 bits per heavy atom. The summed E-state index contributed by atoms with van der Waals surface area (Å²) in [5.74, 6) is -0.458. The van der Waals surface area contributed by atoms with Crippen molar-refractivity contribution in [3.63, 3.8) is 0 Å². The van der Waals surface area contributed by atoms with Gasteiger partial charge in [0.15, 0.2) is 0 Å². The largest absolute Gasteiger partial charge is 0.423 e. The third-order valence-corrected chi connectivity index (χ3v) is 4.27. The molecule has 0 atom stereocenters. The maximum atomic E-state index is 12.4. The fraction of sp³-hybridized carbons (Fsp3) is 0. The van der Waals surface area contributed by atoms with Crippen molar-refractivity contribution in [2.45, 2.75) is 0 Å². The van der Waals surface area contributed by atoms with Crippen LogP contribution in [0, 0.1) is 11.3 Å². The number of hydrogen-bond acceptors (Lipinski definition) is 5. The lowest BCUT2D eigenvalue weighted by atomic mass is 10.0. The lowest BCUT2D eigenvalue weighted by molar-refractivity contribution is 0.0730. The van der Waals surface area contributed by atoms with Gasteiger partial charge in [-0.2, -0.15) is 5.26 Å². The minimum absolute atomic E-state index is 0.158. The van der Waals surface area contributed by atoms with Gasteiger partial charge in [0.2, 0.25) is 0 Å². The highest BCUT2D eigenvalue weighted by atomic mass is 16.5. The Hall–Kier alpha value is -4.17. The monoisotopic (exact) mass is 367 g/mol. The summed E-state index contributed by atoms with van der Waals surface area (Å²) in [4.78, 5) is 24.5. The molecule has 0 spiro atoms. The van der Waals surface area contributed by atoms with E-state index in [4.69, 9.17) is 14.4 Å². The summed E-state index contributed by atoms with van der Waals surface area (Å²) in [6.45, 7) is 0. The van der Waals surface area contributed by atoms with Crippen molar-refractivity contribution < 1.29 is 13.9 Å². The van der Waals surface area contributed by atoms with Crippen molar-refractivity contribution in [1.82, 2.24) is 0 Å². The molecular formula is C23H13NO4. The summed E-state index contributed by atoms with van der Waals surface area (Å²) < 4.78 is 10.5. The maximum Gasteiger partial charge on any atom is 0.351 e. The molecule has 0 bridgehead atoms. The topological polar surface area (TPSA) is 80.3 Å². The molecule has 5 nitrogen and oxygen atoms in total. The number of carbonyl (C=O) groups is 1. The van der Waals surface area contributed by atoms with Crippen LogP contribution in [0.15, 0.2) is 88.1 Å². The molecule has 3 aromatic carbocycles. The Morgan fingerprint density at radius 3 is 2.21 bits per heavy atom. The van der Waals surface area contributed by atoms with Crippen molar-refractivity contribution in [3.8, 4) is 22.9 Å². The van der Waals surface area contributed by atoms with E-state index in [1.54, 1.807) is 60.7 Å². The van der Waals surface area contributed by atoms with Gasteiger partial charge in [-0.3, -0.25) is 0 Å². The van der Waals surface area contributed by atoms with Gasteiger partial charge < -0.3 is 9.15 Å². The first-order chi connectivity index (χ1) is 13.6. The van der Waals surface area contributed by atoms with Gasteiger partial charge in [0.25, 0.3) is 0 Å². The zero-order chi connectivity index (χ0) is 19.5. The average molecular weight is 367 g/mol. The van der Waals surface area contributed by atoms with Gasteiger partial charge >= 0.3 is 11.6 Å². The van der Waals surface area contributed by atoms with Crippen molar-refractivity contribution in [3.05, 3.63) is 100 Å². The molecule has 0 saturated heterocycles. The summed E-state index contributed by atoms with van der Waals surface area (Å²) in [5, 5.41) is 9.51. The fourth-order valence-electron chi connectivity index (χ4n) is 2.82. The first-order valence-corrected chi connectivity index (χ1v) is 8.50. The number of para-hydroxylation sites is 1. The molecule has 4 aromatic rings. The van der Waals surface area contributed by atoms with E-state index in [1.807, 2.05) is 12.1 Å². The standard InChI is InChI=1S/C23H13NO4/c24-14-15-5-7-16(8-6-15)17-9-11-19(12-10-17)27-22(25)20-13-18-3-1-2-4-21(18)28-23(20)26/h1-13H. The molecule has 0 radical (unpaired) electrons. The molecule has 0 aliphatic heterocycles. The molecule has 0 amide bonds. The van der Waals surface area contributed by atoms with Crippen LogP contribution in [0.25, 0.3) is 22.1 Å². The van der Waals surface area contributed by atoms with Crippen LogP contribution in [0.1, 0.15) is 15.9 Å². The molecule has 4 rings (SSSR count). The van der Waals surface area contributed by atoms with Crippen molar-refractivity contribution in [2.75, 3.05) is 0 Å². The normalized spacial score (nSPS) is 10.4. The van der Waals surface area contributed by atoms with E-state index in [-0.39, 0.29) is 5.56 Å². The van der Waals surface area contributed by atoms with Crippen LogP contribution in [0.3, 0.4) is 0 Å². The first-order valence-electron chi connectivity index (χ1n) is 8.50. The van der Waals surface area contributed by atoms with E-state index in [0.717, 1.165) is 11.1 Å². The number of ether oxygens (including phenoxy) is 1. The van der Waals surface area contributed by atoms with Crippen LogP contribution in [-0.4, -0.2) is 5.97 Å². The van der Waals surface area contributed by atoms with E-state index in [2.05, 4.69) is 6.07 Å². The summed E-state index contributed by atoms with van der Waals surface area (Å²) in [7, 11) is 0. The van der Waals surface area contributed by atoms with Crippen LogP contribution in [-0.2, 0) is 0 Å². The van der Waals surface area contributed by atoms with Crippen molar-refractivity contribution in [1.29, 1.82) is 5.26 Å². The number of benzene rings is 3. The molecule has 0 N–H and O–H groups in total. The van der Waals surface area contributed by atoms with Gasteiger partial charge in [-0.25, -0.2) is 9.59 Å². The molecule has 134 valence electrons. The van der Waals surface area contributed by atoms with E-state index < -0.39 is 11.6 Å². The molecule has 5 heteroatoms. The predicted molar refractivity (Wildman–Crippen MR) is 104 cm³/mol. The summed E-state index contributed by atoms with van der Waals surface area (Å²) >= 11 is 0. The molecule has 0 aliphatic rings. The second kappa shape index (κ2) is 7.22. The lowest BCUT2D eigenvalue weighted by Gasteiger charge is -2.06. The highest BCUT2D eigenvalue weighted by molar-refractivity contribution is 5.94. The van der Waals surface area contributed by atoms with Crippen LogP contribution < -0.4 is 10.4 Å². The minimum Gasteiger partial charge on any atom is -0.423 e. The van der Waals surface area contributed by atoms with Gasteiger partial charge in [0, 0.05) is 5.39 Å². The molecule has 0 saturated carbocycles. The van der Waals surface area contributed by atoms with E-state index in [1.165, 1.54) is 6.07 Å². The quantitative estimate of drug-likeness (QED) is 0.301. The summed E-state index contributed by atoms with van der Waals surface area (Å²) in [6, 6.07) is 24.6. The molecular weight excluding hydrogens is 354 g/mol. The fourth-order valence-corrected chi connectivity index (χ4v) is 2.82. The van der Waals surface area contributed by atoms with Crippen LogP contribution in [0.4, 0.5) is 0 Å². The van der Waals surface area contributed by atoms with Gasteiger partial charge in [0.05, 0.1) is 11.6 Å². The zero-order valence-electron chi connectivity index (χ0n) is 14.6. The Bertz CT molecular complexity index is 1260. The summed E-state index contributed by atoms with van der Waals surface area (Å²) in [6.07, 6.45) is 0.